The first kappa shape index (κ1) is 15.0. The fraction of sp³-hybridized carbons (Fsp3) is 0.0833. The maximum Gasteiger partial charge on any atom is 0.0702 e. The van der Waals surface area contributed by atoms with Gasteiger partial charge in [-0.3, -0.25) is 9.97 Å². The molecule has 5 rings (SSSR count). The van der Waals surface area contributed by atoms with Crippen LogP contribution in [-0.4, -0.2) is 9.97 Å². The van der Waals surface area contributed by atoms with Crippen LogP contribution in [0.25, 0.3) is 27.6 Å². The third-order valence-corrected chi connectivity index (χ3v) is 5.13. The Morgan fingerprint density at radius 3 is 2.65 bits per heavy atom. The van der Waals surface area contributed by atoms with Crippen molar-refractivity contribution in [2.45, 2.75) is 13.3 Å². The summed E-state index contributed by atoms with van der Waals surface area (Å²) in [7, 11) is 0. The number of hydrogen-bond donors (Lipinski definition) is 0. The van der Waals surface area contributed by atoms with Crippen LogP contribution < -0.4 is 0 Å². The van der Waals surface area contributed by atoms with Gasteiger partial charge < -0.3 is 0 Å². The summed E-state index contributed by atoms with van der Waals surface area (Å²) in [4.78, 5) is 9.18. The number of hydrogen-bond acceptors (Lipinski definition) is 2. The van der Waals surface area contributed by atoms with Crippen molar-refractivity contribution in [3.05, 3.63) is 102 Å². The first-order chi connectivity index (χ1) is 12.8. The lowest BCUT2D eigenvalue weighted by Crippen LogP contribution is -1.93. The molecule has 2 aromatic carbocycles. The molecule has 0 fully saturated rings. The van der Waals surface area contributed by atoms with E-state index in [-0.39, 0.29) is 0 Å². The van der Waals surface area contributed by atoms with E-state index in [0.717, 1.165) is 17.6 Å². The lowest BCUT2D eigenvalue weighted by atomic mass is 9.95. The van der Waals surface area contributed by atoms with Gasteiger partial charge in [0.2, 0.25) is 0 Å². The smallest absolute Gasteiger partial charge is 0.0702 e. The number of nitrogens with zero attached hydrogens (tertiary/aromatic N) is 2. The molecule has 2 aromatic heterocycles. The van der Waals surface area contributed by atoms with Gasteiger partial charge in [0, 0.05) is 35.3 Å². The molecule has 2 heterocycles. The lowest BCUT2D eigenvalue weighted by molar-refractivity contribution is 1.13. The second-order valence-electron chi connectivity index (χ2n) is 6.77. The Balaban J connectivity index is 1.62. The van der Waals surface area contributed by atoms with Crippen LogP contribution in [0, 0.1) is 6.92 Å². The van der Waals surface area contributed by atoms with Gasteiger partial charge in [-0.2, -0.15) is 0 Å². The monoisotopic (exact) mass is 334 g/mol. The average Bonchev–Trinajstić information content (AvgIpc) is 3.11. The highest BCUT2D eigenvalue weighted by atomic mass is 14.7. The minimum atomic E-state index is 0.893. The maximum atomic E-state index is 4.75. The Labute approximate surface area is 152 Å². The van der Waals surface area contributed by atoms with E-state index in [4.69, 9.17) is 4.98 Å². The van der Waals surface area contributed by atoms with Crippen LogP contribution in [0.15, 0.2) is 79.1 Å². The van der Waals surface area contributed by atoms with Crippen LogP contribution in [0.4, 0.5) is 0 Å². The molecule has 0 radical (unpaired) electrons. The molecule has 0 unspecified atom stereocenters. The second kappa shape index (κ2) is 5.92. The van der Waals surface area contributed by atoms with Crippen molar-refractivity contribution in [2.75, 3.05) is 0 Å². The Morgan fingerprint density at radius 1 is 0.808 bits per heavy atom. The number of rotatable bonds is 2. The quantitative estimate of drug-likeness (QED) is 0.477. The van der Waals surface area contributed by atoms with Gasteiger partial charge in [0.1, 0.15) is 0 Å². The predicted octanol–water partition coefficient (Wildman–Crippen LogP) is 5.59. The van der Waals surface area contributed by atoms with Crippen molar-refractivity contribution in [1.82, 2.24) is 9.97 Å². The number of fused-ring (bicyclic) bond motifs is 2. The maximum absolute atomic E-state index is 4.75. The second-order valence-corrected chi connectivity index (χ2v) is 6.77. The van der Waals surface area contributed by atoms with Crippen molar-refractivity contribution < 1.29 is 0 Å². The predicted molar refractivity (Wildman–Crippen MR) is 107 cm³/mol. The van der Waals surface area contributed by atoms with Crippen LogP contribution in [0.2, 0.25) is 0 Å². The van der Waals surface area contributed by atoms with Crippen LogP contribution in [0.1, 0.15) is 22.4 Å². The van der Waals surface area contributed by atoms with Gasteiger partial charge in [0.25, 0.3) is 0 Å². The highest BCUT2D eigenvalue weighted by molar-refractivity contribution is 5.90. The summed E-state index contributed by atoms with van der Waals surface area (Å²) in [6.45, 7) is 2.15. The molecule has 2 heteroatoms. The van der Waals surface area contributed by atoms with Crippen molar-refractivity contribution >= 4 is 16.5 Å². The van der Waals surface area contributed by atoms with Crippen LogP contribution >= 0.6 is 0 Å². The molecule has 1 aliphatic carbocycles. The van der Waals surface area contributed by atoms with E-state index in [9.17, 15) is 0 Å². The number of aryl methyl sites for hydroxylation is 1. The van der Waals surface area contributed by atoms with Crippen molar-refractivity contribution in [1.29, 1.82) is 0 Å². The highest BCUT2D eigenvalue weighted by Crippen LogP contribution is 2.35. The number of aromatic nitrogens is 2. The Kier molecular flexibility index (Phi) is 3.42. The van der Waals surface area contributed by atoms with Crippen molar-refractivity contribution in [3.8, 4) is 11.1 Å². The molecule has 1 aliphatic rings. The third-order valence-electron chi connectivity index (χ3n) is 5.13. The average molecular weight is 334 g/mol. The molecule has 0 atom stereocenters. The summed E-state index contributed by atoms with van der Waals surface area (Å²) in [6.07, 6.45) is 7.02. The van der Waals surface area contributed by atoms with E-state index >= 15 is 0 Å². The first-order valence-electron chi connectivity index (χ1n) is 8.90. The summed E-state index contributed by atoms with van der Waals surface area (Å²) in [5, 5.41) is 1.17. The van der Waals surface area contributed by atoms with Crippen LogP contribution in [0.5, 0.6) is 0 Å². The molecule has 0 bridgehead atoms. The molecule has 2 nitrogen and oxygen atoms in total. The Hall–Kier alpha value is -3.26. The van der Waals surface area contributed by atoms with E-state index in [0.29, 0.717) is 0 Å². The largest absolute Gasteiger partial charge is 0.260 e. The molecule has 26 heavy (non-hydrogen) atoms. The molecular formula is C24H18N2. The molecule has 0 saturated carbocycles. The van der Waals surface area contributed by atoms with Gasteiger partial charge in [-0.1, -0.05) is 42.5 Å². The van der Waals surface area contributed by atoms with Gasteiger partial charge >= 0.3 is 0 Å². The third kappa shape index (κ3) is 2.42. The molecule has 0 amide bonds. The van der Waals surface area contributed by atoms with Gasteiger partial charge in [-0.25, -0.2) is 0 Å². The molecule has 0 saturated heterocycles. The van der Waals surface area contributed by atoms with Crippen LogP contribution in [0.3, 0.4) is 0 Å². The Morgan fingerprint density at radius 2 is 1.73 bits per heavy atom. The zero-order chi connectivity index (χ0) is 17.5. The van der Waals surface area contributed by atoms with Gasteiger partial charge in [-0.05, 0) is 53.5 Å². The molecule has 124 valence electrons. The number of pyridine rings is 2. The van der Waals surface area contributed by atoms with Gasteiger partial charge in [0.05, 0.1) is 11.2 Å². The van der Waals surface area contributed by atoms with Gasteiger partial charge in [-0.15, -0.1) is 0 Å². The standard InChI is InChI=1S/C24H18N2/c1-16-5-2-3-7-20(16)19-14-22-21(9-11-24(22)26-15-19)17-8-10-23-18(13-17)6-4-12-25-23/h2-10,12-15H,11H2,1H3. The minimum absolute atomic E-state index is 0.893. The van der Waals surface area contributed by atoms with Crippen molar-refractivity contribution in [2.24, 2.45) is 0 Å². The first-order valence-corrected chi connectivity index (χ1v) is 8.90. The molecule has 0 aliphatic heterocycles. The van der Waals surface area contributed by atoms with Crippen LogP contribution in [-0.2, 0) is 6.42 Å². The summed E-state index contributed by atoms with van der Waals surface area (Å²) in [5.74, 6) is 0. The topological polar surface area (TPSA) is 25.8 Å². The van der Waals surface area contributed by atoms with E-state index in [1.54, 1.807) is 0 Å². The SMILES string of the molecule is Cc1ccccc1-c1cnc2c(c1)C(c1ccc3ncccc3c1)=CC2. The van der Waals surface area contributed by atoms with E-state index in [2.05, 4.69) is 72.6 Å². The van der Waals surface area contributed by atoms with Gasteiger partial charge in [0.15, 0.2) is 0 Å². The molecular weight excluding hydrogens is 316 g/mol. The fourth-order valence-corrected chi connectivity index (χ4v) is 3.76. The van der Waals surface area contributed by atoms with Crippen molar-refractivity contribution in [3.63, 3.8) is 0 Å². The normalized spacial score (nSPS) is 12.9. The number of allylic oxidation sites excluding steroid dienone is 1. The molecule has 4 aromatic rings. The molecule has 0 spiro atoms. The zero-order valence-corrected chi connectivity index (χ0v) is 14.6. The summed E-state index contributed by atoms with van der Waals surface area (Å²) in [5.41, 5.74) is 9.63. The van der Waals surface area contributed by atoms with E-state index in [1.165, 1.54) is 38.8 Å². The van der Waals surface area contributed by atoms with E-state index < -0.39 is 0 Å². The minimum Gasteiger partial charge on any atom is -0.260 e. The summed E-state index contributed by atoms with van der Waals surface area (Å²) >= 11 is 0. The number of benzene rings is 2. The molecule has 0 N–H and O–H groups in total. The van der Waals surface area contributed by atoms with E-state index in [1.807, 2.05) is 18.5 Å². The lowest BCUT2D eigenvalue weighted by Gasteiger charge is -2.11. The fourth-order valence-electron chi connectivity index (χ4n) is 3.76. The summed E-state index contributed by atoms with van der Waals surface area (Å²) < 4.78 is 0. The summed E-state index contributed by atoms with van der Waals surface area (Å²) in [6, 6.07) is 21.4. The zero-order valence-electron chi connectivity index (χ0n) is 14.6. The Bertz CT molecular complexity index is 1170. The highest BCUT2D eigenvalue weighted by Gasteiger charge is 2.18.